The molecule has 136 valence electrons. The van der Waals surface area contributed by atoms with Gasteiger partial charge in [0.2, 0.25) is 0 Å². The van der Waals surface area contributed by atoms with Crippen LogP contribution in [-0.4, -0.2) is 62.5 Å². The lowest BCUT2D eigenvalue weighted by atomic mass is 10.1. The number of aryl methyl sites for hydroxylation is 2. The van der Waals surface area contributed by atoms with Crippen LogP contribution >= 0.6 is 0 Å². The van der Waals surface area contributed by atoms with Gasteiger partial charge in [0.25, 0.3) is 10.2 Å². The van der Waals surface area contributed by atoms with Crippen LogP contribution in [0.25, 0.3) is 0 Å². The van der Waals surface area contributed by atoms with Crippen LogP contribution in [0, 0.1) is 13.8 Å². The van der Waals surface area contributed by atoms with E-state index < -0.39 is 10.2 Å². The Balaban J connectivity index is 1.92. The summed E-state index contributed by atoms with van der Waals surface area (Å²) in [5, 5.41) is 0. The van der Waals surface area contributed by atoms with Gasteiger partial charge >= 0.3 is 0 Å². The Kier molecular flexibility index (Phi) is 6.25. The minimum atomic E-state index is -3.49. The molecule has 0 bridgehead atoms. The van der Waals surface area contributed by atoms with Crippen molar-refractivity contribution in [1.82, 2.24) is 8.61 Å². The number of rotatable bonds is 6. The highest BCUT2D eigenvalue weighted by Gasteiger charge is 2.33. The van der Waals surface area contributed by atoms with Gasteiger partial charge in [0.1, 0.15) is 12.4 Å². The van der Waals surface area contributed by atoms with Crippen LogP contribution in [0.3, 0.4) is 0 Å². The number of hydrogen-bond acceptors (Lipinski definition) is 4. The third kappa shape index (κ3) is 4.92. The van der Waals surface area contributed by atoms with Gasteiger partial charge in [-0.2, -0.15) is 17.0 Å². The topological polar surface area (TPSA) is 59.1 Å². The number of ether oxygens (including phenoxy) is 2. The molecule has 1 aliphatic rings. The van der Waals surface area contributed by atoms with E-state index in [1.54, 1.807) is 7.05 Å². The molecular formula is C17H28N2O4S. The monoisotopic (exact) mass is 356 g/mol. The summed E-state index contributed by atoms with van der Waals surface area (Å²) >= 11 is 0. The third-order valence-electron chi connectivity index (χ3n) is 3.98. The number of likely N-dealkylation sites (N-methyl/N-ethyl adjacent to an activating group) is 1. The second-order valence-corrected chi connectivity index (χ2v) is 8.61. The summed E-state index contributed by atoms with van der Waals surface area (Å²) in [6.45, 7) is 9.19. The molecule has 2 rings (SSSR count). The smallest absolute Gasteiger partial charge is 0.282 e. The van der Waals surface area contributed by atoms with Crippen LogP contribution in [-0.2, 0) is 14.9 Å². The fraction of sp³-hybridized carbons (Fsp3) is 0.647. The fourth-order valence-corrected chi connectivity index (χ4v) is 4.44. The van der Waals surface area contributed by atoms with Crippen molar-refractivity contribution in [2.24, 2.45) is 0 Å². The van der Waals surface area contributed by atoms with Crippen molar-refractivity contribution in [2.45, 2.75) is 39.9 Å². The van der Waals surface area contributed by atoms with E-state index in [2.05, 4.69) is 6.07 Å². The highest BCUT2D eigenvalue weighted by Crippen LogP contribution is 2.18. The van der Waals surface area contributed by atoms with Gasteiger partial charge in [0.05, 0.1) is 12.2 Å². The Bertz CT molecular complexity index is 632. The minimum absolute atomic E-state index is 0.0940. The zero-order valence-electron chi connectivity index (χ0n) is 15.2. The number of benzene rings is 1. The van der Waals surface area contributed by atoms with Crippen molar-refractivity contribution >= 4 is 10.2 Å². The normalized spacial score (nSPS) is 22.8. The first kappa shape index (κ1) is 19.2. The van der Waals surface area contributed by atoms with E-state index in [-0.39, 0.29) is 12.2 Å². The second kappa shape index (κ2) is 7.82. The van der Waals surface area contributed by atoms with Crippen LogP contribution in [0.5, 0.6) is 5.75 Å². The molecule has 1 saturated heterocycles. The zero-order chi connectivity index (χ0) is 17.9. The highest BCUT2D eigenvalue weighted by atomic mass is 32.2. The van der Waals surface area contributed by atoms with Crippen molar-refractivity contribution in [2.75, 3.05) is 33.3 Å². The van der Waals surface area contributed by atoms with Gasteiger partial charge in [-0.05, 0) is 51.0 Å². The van der Waals surface area contributed by atoms with Gasteiger partial charge in [-0.3, -0.25) is 0 Å². The molecule has 0 radical (unpaired) electrons. The molecule has 0 spiro atoms. The number of morpholine rings is 1. The molecule has 1 aromatic rings. The van der Waals surface area contributed by atoms with E-state index in [1.807, 2.05) is 39.8 Å². The SMILES string of the molecule is Cc1cc(C)cc(OCCN(C)S(=O)(=O)N2CC(C)OC(C)C2)c1. The first-order chi connectivity index (χ1) is 11.2. The molecule has 2 unspecified atom stereocenters. The molecule has 0 amide bonds. The van der Waals surface area contributed by atoms with Gasteiger partial charge in [-0.15, -0.1) is 0 Å². The Morgan fingerprint density at radius 1 is 1.17 bits per heavy atom. The third-order valence-corrected chi connectivity index (χ3v) is 5.90. The molecule has 2 atom stereocenters. The summed E-state index contributed by atoms with van der Waals surface area (Å²) in [6.07, 6.45) is -0.188. The van der Waals surface area contributed by atoms with E-state index in [0.717, 1.165) is 16.9 Å². The lowest BCUT2D eigenvalue weighted by molar-refractivity contribution is -0.0453. The quantitative estimate of drug-likeness (QED) is 0.782. The molecule has 6 nitrogen and oxygen atoms in total. The first-order valence-electron chi connectivity index (χ1n) is 8.26. The maximum Gasteiger partial charge on any atom is 0.282 e. The summed E-state index contributed by atoms with van der Waals surface area (Å²) in [7, 11) is -1.90. The van der Waals surface area contributed by atoms with Crippen LogP contribution in [0.15, 0.2) is 18.2 Å². The van der Waals surface area contributed by atoms with Crippen molar-refractivity contribution in [3.63, 3.8) is 0 Å². The van der Waals surface area contributed by atoms with Gasteiger partial charge in [-0.25, -0.2) is 0 Å². The highest BCUT2D eigenvalue weighted by molar-refractivity contribution is 7.86. The van der Waals surface area contributed by atoms with Crippen LogP contribution in [0.4, 0.5) is 0 Å². The number of hydrogen-bond donors (Lipinski definition) is 0. The predicted molar refractivity (Wildman–Crippen MR) is 94.5 cm³/mol. The molecule has 7 heteroatoms. The molecular weight excluding hydrogens is 328 g/mol. The van der Waals surface area contributed by atoms with Crippen molar-refractivity contribution < 1.29 is 17.9 Å². The molecule has 0 aromatic heterocycles. The summed E-state index contributed by atoms with van der Waals surface area (Å²) in [4.78, 5) is 0. The van der Waals surface area contributed by atoms with Crippen LogP contribution in [0.2, 0.25) is 0 Å². The Morgan fingerprint density at radius 2 is 1.71 bits per heavy atom. The predicted octanol–water partition coefficient (Wildman–Crippen LogP) is 1.97. The molecule has 1 aliphatic heterocycles. The van der Waals surface area contributed by atoms with Crippen molar-refractivity contribution in [3.8, 4) is 5.75 Å². The molecule has 1 heterocycles. The largest absolute Gasteiger partial charge is 0.492 e. The van der Waals surface area contributed by atoms with E-state index in [0.29, 0.717) is 26.2 Å². The molecule has 0 aliphatic carbocycles. The summed E-state index contributed by atoms with van der Waals surface area (Å²) in [6, 6.07) is 5.98. The molecule has 24 heavy (non-hydrogen) atoms. The summed E-state index contributed by atoms with van der Waals surface area (Å²) < 4.78 is 39.5. The van der Waals surface area contributed by atoms with Crippen molar-refractivity contribution in [3.05, 3.63) is 29.3 Å². The van der Waals surface area contributed by atoms with Crippen molar-refractivity contribution in [1.29, 1.82) is 0 Å². The molecule has 1 fully saturated rings. The van der Waals surface area contributed by atoms with Gasteiger partial charge in [0.15, 0.2) is 0 Å². The lowest BCUT2D eigenvalue weighted by Gasteiger charge is -2.36. The molecule has 1 aromatic carbocycles. The zero-order valence-corrected chi connectivity index (χ0v) is 16.0. The summed E-state index contributed by atoms with van der Waals surface area (Å²) in [5.74, 6) is 0.770. The Hall–Kier alpha value is -1.15. The maximum atomic E-state index is 12.7. The van der Waals surface area contributed by atoms with E-state index in [1.165, 1.54) is 8.61 Å². The van der Waals surface area contributed by atoms with Gasteiger partial charge in [0, 0.05) is 26.7 Å². The van der Waals surface area contributed by atoms with E-state index in [4.69, 9.17) is 9.47 Å². The molecule has 0 saturated carbocycles. The van der Waals surface area contributed by atoms with E-state index >= 15 is 0 Å². The van der Waals surface area contributed by atoms with Crippen LogP contribution < -0.4 is 4.74 Å². The number of nitrogens with zero attached hydrogens (tertiary/aromatic N) is 2. The van der Waals surface area contributed by atoms with Gasteiger partial charge in [-0.1, -0.05) is 6.07 Å². The first-order valence-corrected chi connectivity index (χ1v) is 9.66. The fourth-order valence-electron chi connectivity index (χ4n) is 2.94. The average molecular weight is 356 g/mol. The lowest BCUT2D eigenvalue weighted by Crippen LogP contribution is -2.52. The maximum absolute atomic E-state index is 12.7. The van der Waals surface area contributed by atoms with E-state index in [9.17, 15) is 8.42 Å². The molecule has 0 N–H and O–H groups in total. The van der Waals surface area contributed by atoms with Crippen LogP contribution in [0.1, 0.15) is 25.0 Å². The summed E-state index contributed by atoms with van der Waals surface area (Å²) in [5.41, 5.74) is 2.25. The van der Waals surface area contributed by atoms with Gasteiger partial charge < -0.3 is 9.47 Å². The minimum Gasteiger partial charge on any atom is -0.492 e. The second-order valence-electron chi connectivity index (χ2n) is 6.58. The Morgan fingerprint density at radius 3 is 2.25 bits per heavy atom. The standard InChI is InChI=1S/C17H28N2O4S/c1-13-8-14(2)10-17(9-13)22-7-6-18(5)24(20,21)19-11-15(3)23-16(4)12-19/h8-10,15-16H,6-7,11-12H2,1-5H3. The average Bonchev–Trinajstić information content (AvgIpc) is 2.45. The Labute approximate surface area is 145 Å².